The van der Waals surface area contributed by atoms with Crippen LogP contribution in [0.25, 0.3) is 0 Å². The van der Waals surface area contributed by atoms with Crippen molar-refractivity contribution < 1.29 is 4.74 Å². The fourth-order valence-corrected chi connectivity index (χ4v) is 0.473. The van der Waals surface area contributed by atoms with Gasteiger partial charge in [0, 0.05) is 13.7 Å². The van der Waals surface area contributed by atoms with Gasteiger partial charge in [0.1, 0.15) is 7.28 Å². The number of terminal acetylenes is 1. The maximum absolute atomic E-state index is 5.02. The van der Waals surface area contributed by atoms with Crippen molar-refractivity contribution in [2.75, 3.05) is 13.7 Å². The molecule has 0 rings (SSSR count). The lowest BCUT2D eigenvalue weighted by atomic mass is 9.72. The third kappa shape index (κ3) is 5.58. The Morgan fingerprint density at radius 3 is 3.00 bits per heavy atom. The van der Waals surface area contributed by atoms with E-state index in [0.29, 0.717) is 0 Å². The minimum atomic E-state index is 0.835. The first-order chi connectivity index (χ1) is 3.91. The van der Waals surface area contributed by atoms with Gasteiger partial charge >= 0.3 is 0 Å². The van der Waals surface area contributed by atoms with E-state index < -0.39 is 0 Å². The van der Waals surface area contributed by atoms with Crippen LogP contribution in [0.5, 0.6) is 0 Å². The predicted octanol–water partition coefficient (Wildman–Crippen LogP) is 0.539. The molecule has 0 aromatic heterocycles. The lowest BCUT2D eigenvalue weighted by molar-refractivity contribution is 0.215. The standard InChI is InChI=1S/C6H11BO/c1-3-4-7-5-6-8-2/h1,7H,4-6H2,2H3. The van der Waals surface area contributed by atoms with Crippen molar-refractivity contribution in [1.29, 1.82) is 0 Å². The van der Waals surface area contributed by atoms with Gasteiger partial charge in [-0.25, -0.2) is 0 Å². The third-order valence-electron chi connectivity index (χ3n) is 0.920. The van der Waals surface area contributed by atoms with Crippen LogP contribution in [0.2, 0.25) is 12.6 Å². The minimum Gasteiger partial charge on any atom is -0.385 e. The van der Waals surface area contributed by atoms with Crippen molar-refractivity contribution in [3.63, 3.8) is 0 Å². The molecule has 0 heterocycles. The van der Waals surface area contributed by atoms with Crippen LogP contribution in [-0.2, 0) is 4.74 Å². The molecule has 0 aromatic rings. The number of hydrogen-bond acceptors (Lipinski definition) is 1. The lowest BCUT2D eigenvalue weighted by Gasteiger charge is -1.90. The summed E-state index contributed by atoms with van der Waals surface area (Å²) in [6, 6.07) is 0. The molecule has 2 heteroatoms. The summed E-state index contributed by atoms with van der Waals surface area (Å²) in [5, 5.41) is 0. The minimum absolute atomic E-state index is 0.835. The van der Waals surface area contributed by atoms with E-state index >= 15 is 0 Å². The quantitative estimate of drug-likeness (QED) is 0.291. The molecule has 0 aromatic carbocycles. The van der Waals surface area contributed by atoms with Gasteiger partial charge in [-0.05, 0) is 6.32 Å². The zero-order chi connectivity index (χ0) is 6.24. The van der Waals surface area contributed by atoms with Crippen molar-refractivity contribution >= 4 is 7.28 Å². The normalized spacial score (nSPS) is 8.00. The fraction of sp³-hybridized carbons (Fsp3) is 0.667. The molecule has 0 aliphatic carbocycles. The highest BCUT2D eigenvalue weighted by molar-refractivity contribution is 6.36. The van der Waals surface area contributed by atoms with Crippen LogP contribution in [0.3, 0.4) is 0 Å². The molecule has 1 nitrogen and oxygen atoms in total. The Morgan fingerprint density at radius 1 is 1.75 bits per heavy atom. The molecule has 0 bridgehead atoms. The highest BCUT2D eigenvalue weighted by atomic mass is 16.5. The summed E-state index contributed by atoms with van der Waals surface area (Å²) < 4.78 is 4.82. The van der Waals surface area contributed by atoms with Gasteiger partial charge in [-0.15, -0.1) is 12.3 Å². The zero-order valence-electron chi connectivity index (χ0n) is 5.31. The van der Waals surface area contributed by atoms with Gasteiger partial charge in [0.2, 0.25) is 0 Å². The molecule has 0 saturated carbocycles. The second-order valence-electron chi connectivity index (χ2n) is 1.65. The Bertz CT molecular complexity index is 75.1. The first kappa shape index (κ1) is 7.58. The van der Waals surface area contributed by atoms with Crippen molar-refractivity contribution in [2.24, 2.45) is 0 Å². The van der Waals surface area contributed by atoms with Gasteiger partial charge in [0.05, 0.1) is 0 Å². The summed E-state index contributed by atoms with van der Waals surface area (Å²) in [7, 11) is 2.79. The molecular formula is C6H11BO. The van der Waals surface area contributed by atoms with Crippen molar-refractivity contribution in [3.05, 3.63) is 0 Å². The molecule has 0 atom stereocenters. The van der Waals surface area contributed by atoms with Gasteiger partial charge in [-0.2, -0.15) is 0 Å². The van der Waals surface area contributed by atoms with Crippen LogP contribution in [0.4, 0.5) is 0 Å². The lowest BCUT2D eigenvalue weighted by Crippen LogP contribution is -1.93. The second kappa shape index (κ2) is 6.58. The molecule has 0 aliphatic rings. The Kier molecular flexibility index (Phi) is 6.24. The van der Waals surface area contributed by atoms with Gasteiger partial charge in [-0.1, -0.05) is 6.32 Å². The van der Waals surface area contributed by atoms with Gasteiger partial charge in [0.25, 0.3) is 0 Å². The number of hydrogen-bond donors (Lipinski definition) is 0. The summed E-state index contributed by atoms with van der Waals surface area (Å²) in [6.45, 7) is 0.835. The second-order valence-corrected chi connectivity index (χ2v) is 1.65. The molecular weight excluding hydrogens is 98.9 g/mol. The molecule has 0 amide bonds. The smallest absolute Gasteiger partial charge is 0.138 e. The maximum atomic E-state index is 5.02. The molecule has 0 aliphatic heterocycles. The van der Waals surface area contributed by atoms with Crippen LogP contribution in [-0.4, -0.2) is 21.0 Å². The Labute approximate surface area is 51.7 Å². The highest BCUT2D eigenvalue weighted by Crippen LogP contribution is 1.82. The summed E-state index contributed by atoms with van der Waals surface area (Å²) in [6.07, 6.45) is 6.98. The molecule has 0 N–H and O–H groups in total. The monoisotopic (exact) mass is 110 g/mol. The number of ether oxygens (including phenoxy) is 1. The van der Waals surface area contributed by atoms with Crippen molar-refractivity contribution in [3.8, 4) is 12.3 Å². The Balaban J connectivity index is 2.65. The largest absolute Gasteiger partial charge is 0.385 e. The van der Waals surface area contributed by atoms with Crippen LogP contribution >= 0.6 is 0 Å². The van der Waals surface area contributed by atoms with Crippen LogP contribution in [0.15, 0.2) is 0 Å². The van der Waals surface area contributed by atoms with Crippen molar-refractivity contribution in [1.82, 2.24) is 0 Å². The SMILES string of the molecule is C#CCBCCOC. The summed E-state index contributed by atoms with van der Waals surface area (Å²) in [5.74, 6) is 2.57. The highest BCUT2D eigenvalue weighted by Gasteiger charge is 1.85. The summed E-state index contributed by atoms with van der Waals surface area (Å²) in [5.41, 5.74) is 0. The van der Waals surface area contributed by atoms with E-state index in [9.17, 15) is 0 Å². The van der Waals surface area contributed by atoms with E-state index in [4.69, 9.17) is 11.2 Å². The van der Waals surface area contributed by atoms with E-state index in [1.807, 2.05) is 0 Å². The molecule has 8 heavy (non-hydrogen) atoms. The van der Waals surface area contributed by atoms with Crippen molar-refractivity contribution in [2.45, 2.75) is 12.6 Å². The first-order valence-corrected chi connectivity index (χ1v) is 2.84. The molecule has 0 saturated heterocycles. The van der Waals surface area contributed by atoms with Crippen LogP contribution in [0.1, 0.15) is 0 Å². The Morgan fingerprint density at radius 2 is 2.50 bits per heavy atom. The average molecular weight is 110 g/mol. The topological polar surface area (TPSA) is 9.23 Å². The third-order valence-corrected chi connectivity index (χ3v) is 0.920. The van der Waals surface area contributed by atoms with E-state index in [2.05, 4.69) is 5.92 Å². The predicted molar refractivity (Wildman–Crippen MR) is 37.5 cm³/mol. The van der Waals surface area contributed by atoms with E-state index in [-0.39, 0.29) is 0 Å². The van der Waals surface area contributed by atoms with Gasteiger partial charge in [-0.3, -0.25) is 0 Å². The number of methoxy groups -OCH3 is 1. The van der Waals surface area contributed by atoms with E-state index in [0.717, 1.165) is 26.5 Å². The molecule has 44 valence electrons. The van der Waals surface area contributed by atoms with Crippen LogP contribution in [0, 0.1) is 12.3 Å². The van der Waals surface area contributed by atoms with Gasteiger partial charge < -0.3 is 4.74 Å². The van der Waals surface area contributed by atoms with Crippen LogP contribution < -0.4 is 0 Å². The van der Waals surface area contributed by atoms with Gasteiger partial charge in [0.15, 0.2) is 0 Å². The summed E-state index contributed by atoms with van der Waals surface area (Å²) >= 11 is 0. The van der Waals surface area contributed by atoms with E-state index in [1.54, 1.807) is 7.11 Å². The average Bonchev–Trinajstić information content (AvgIpc) is 1.81. The van der Waals surface area contributed by atoms with E-state index in [1.165, 1.54) is 0 Å². The molecule has 0 fully saturated rings. The first-order valence-electron chi connectivity index (χ1n) is 2.84. The molecule has 0 spiro atoms. The number of rotatable bonds is 4. The molecule has 0 unspecified atom stereocenters. The fourth-order valence-electron chi connectivity index (χ4n) is 0.473. The maximum Gasteiger partial charge on any atom is 0.138 e. The Hall–Kier alpha value is -0.415. The zero-order valence-corrected chi connectivity index (χ0v) is 5.31. The summed E-state index contributed by atoms with van der Waals surface area (Å²) in [4.78, 5) is 0. The molecule has 0 radical (unpaired) electrons.